The molecule has 0 radical (unpaired) electrons. The highest BCUT2D eigenvalue weighted by Gasteiger charge is 2.13. The molecule has 28 heavy (non-hydrogen) atoms. The van der Waals surface area contributed by atoms with E-state index in [1.807, 2.05) is 54.6 Å². The fourth-order valence-electron chi connectivity index (χ4n) is 2.60. The van der Waals surface area contributed by atoms with Gasteiger partial charge in [0.05, 0.1) is 13.5 Å². The lowest BCUT2D eigenvalue weighted by Gasteiger charge is -2.03. The maximum atomic E-state index is 5.77. The maximum Gasteiger partial charge on any atom is 0.283 e. The zero-order valence-electron chi connectivity index (χ0n) is 15.1. The van der Waals surface area contributed by atoms with E-state index in [0.29, 0.717) is 36.3 Å². The smallest absolute Gasteiger partial charge is 0.283 e. The third kappa shape index (κ3) is 4.53. The minimum Gasteiger partial charge on any atom is -0.497 e. The molecule has 0 N–H and O–H groups in total. The van der Waals surface area contributed by atoms with Crippen molar-refractivity contribution < 1.29 is 18.3 Å². The van der Waals surface area contributed by atoms with E-state index in [4.69, 9.17) is 18.3 Å². The van der Waals surface area contributed by atoms with E-state index in [0.717, 1.165) is 20.6 Å². The summed E-state index contributed by atoms with van der Waals surface area (Å²) in [6.07, 6.45) is 0.542. The van der Waals surface area contributed by atoms with Gasteiger partial charge in [0.2, 0.25) is 5.89 Å². The van der Waals surface area contributed by atoms with E-state index in [1.165, 1.54) is 0 Å². The summed E-state index contributed by atoms with van der Waals surface area (Å²) >= 11 is 2.26. The summed E-state index contributed by atoms with van der Waals surface area (Å²) < 4.78 is 23.5. The van der Waals surface area contributed by atoms with Crippen LogP contribution in [0.1, 0.15) is 17.2 Å². The monoisotopic (exact) mass is 488 g/mol. The number of ether oxygens (including phenoxy) is 2. The molecule has 0 spiro atoms. The van der Waals surface area contributed by atoms with Crippen LogP contribution in [0.3, 0.4) is 0 Å². The van der Waals surface area contributed by atoms with Crippen LogP contribution in [0, 0.1) is 3.57 Å². The first-order valence-electron chi connectivity index (χ1n) is 8.62. The van der Waals surface area contributed by atoms with Crippen molar-refractivity contribution in [1.82, 2.24) is 10.2 Å². The van der Waals surface area contributed by atoms with Crippen molar-refractivity contribution >= 4 is 22.6 Å². The zero-order valence-corrected chi connectivity index (χ0v) is 17.3. The highest BCUT2D eigenvalue weighted by molar-refractivity contribution is 14.1. The van der Waals surface area contributed by atoms with E-state index < -0.39 is 0 Å². The maximum absolute atomic E-state index is 5.77. The number of hydrogen-bond donors (Lipinski definition) is 0. The van der Waals surface area contributed by atoms with E-state index in [1.54, 1.807) is 13.2 Å². The Bertz CT molecular complexity index is 1040. The van der Waals surface area contributed by atoms with Crippen LogP contribution in [-0.2, 0) is 13.0 Å². The van der Waals surface area contributed by atoms with Gasteiger partial charge in [0.1, 0.15) is 23.9 Å². The first-order chi connectivity index (χ1) is 13.7. The highest BCUT2D eigenvalue weighted by Crippen LogP contribution is 2.23. The Labute approximate surface area is 175 Å². The second-order valence-electron chi connectivity index (χ2n) is 6.03. The third-order valence-corrected chi connectivity index (χ3v) is 4.77. The SMILES string of the molecule is COc1ccc(Cc2nnc(-c3ccc(COc4ccc(I)cc4)o3)o2)cc1. The molecule has 2 aromatic heterocycles. The average Bonchev–Trinajstić information content (AvgIpc) is 3.38. The summed E-state index contributed by atoms with van der Waals surface area (Å²) in [6.45, 7) is 0.327. The molecular weight excluding hydrogens is 471 g/mol. The molecule has 2 aromatic carbocycles. The quantitative estimate of drug-likeness (QED) is 0.337. The fraction of sp³-hybridized carbons (Fsp3) is 0.143. The first-order valence-corrected chi connectivity index (χ1v) is 9.70. The van der Waals surface area contributed by atoms with Crippen molar-refractivity contribution in [2.75, 3.05) is 7.11 Å². The van der Waals surface area contributed by atoms with Gasteiger partial charge in [-0.05, 0) is 76.7 Å². The molecule has 0 bridgehead atoms. The van der Waals surface area contributed by atoms with Crippen LogP contribution in [0.15, 0.2) is 69.5 Å². The third-order valence-electron chi connectivity index (χ3n) is 4.05. The molecule has 0 atom stereocenters. The lowest BCUT2D eigenvalue weighted by atomic mass is 10.1. The lowest BCUT2D eigenvalue weighted by Crippen LogP contribution is -1.93. The molecule has 0 fully saturated rings. The zero-order chi connectivity index (χ0) is 19.3. The Morgan fingerprint density at radius 3 is 2.36 bits per heavy atom. The molecule has 0 unspecified atom stereocenters. The van der Waals surface area contributed by atoms with Crippen LogP contribution in [0.5, 0.6) is 11.5 Å². The number of halogens is 1. The molecule has 4 rings (SSSR count). The van der Waals surface area contributed by atoms with Gasteiger partial charge in [0, 0.05) is 3.57 Å². The Balaban J connectivity index is 1.39. The molecule has 6 nitrogen and oxygen atoms in total. The van der Waals surface area contributed by atoms with Gasteiger partial charge < -0.3 is 18.3 Å². The van der Waals surface area contributed by atoms with Crippen LogP contribution < -0.4 is 9.47 Å². The van der Waals surface area contributed by atoms with Gasteiger partial charge in [-0.15, -0.1) is 10.2 Å². The van der Waals surface area contributed by atoms with Crippen LogP contribution in [-0.4, -0.2) is 17.3 Å². The van der Waals surface area contributed by atoms with Gasteiger partial charge in [-0.3, -0.25) is 0 Å². The molecule has 0 aliphatic carbocycles. The van der Waals surface area contributed by atoms with Crippen LogP contribution in [0.4, 0.5) is 0 Å². The standard InChI is InChI=1S/C21H17IN2O4/c1-25-16-6-2-14(3-7-16)12-20-23-24-21(28-20)19-11-10-18(27-19)13-26-17-8-4-15(22)5-9-17/h2-11H,12-13H2,1H3. The van der Waals surface area contributed by atoms with Gasteiger partial charge in [-0.25, -0.2) is 0 Å². The lowest BCUT2D eigenvalue weighted by molar-refractivity contribution is 0.271. The molecular formula is C21H17IN2O4. The minimum atomic E-state index is 0.327. The Morgan fingerprint density at radius 2 is 1.61 bits per heavy atom. The van der Waals surface area contributed by atoms with E-state index in [9.17, 15) is 0 Å². The number of aromatic nitrogens is 2. The summed E-state index contributed by atoms with van der Waals surface area (Å²) in [4.78, 5) is 0. The number of rotatable bonds is 7. The first kappa shape index (κ1) is 18.5. The summed E-state index contributed by atoms with van der Waals surface area (Å²) in [7, 11) is 1.64. The largest absolute Gasteiger partial charge is 0.497 e. The van der Waals surface area contributed by atoms with Crippen LogP contribution in [0.2, 0.25) is 0 Å². The summed E-state index contributed by atoms with van der Waals surface area (Å²) in [5, 5.41) is 8.18. The summed E-state index contributed by atoms with van der Waals surface area (Å²) in [6, 6.07) is 19.2. The molecule has 0 saturated heterocycles. The number of benzene rings is 2. The number of furan rings is 1. The van der Waals surface area contributed by atoms with E-state index >= 15 is 0 Å². The predicted molar refractivity (Wildman–Crippen MR) is 111 cm³/mol. The fourth-order valence-corrected chi connectivity index (χ4v) is 2.96. The Hall–Kier alpha value is -2.81. The molecule has 7 heteroatoms. The molecule has 0 saturated carbocycles. The number of nitrogens with zero attached hydrogens (tertiary/aromatic N) is 2. The van der Waals surface area contributed by atoms with Crippen molar-refractivity contribution in [3.05, 3.63) is 81.4 Å². The Morgan fingerprint density at radius 1 is 0.857 bits per heavy atom. The summed E-state index contributed by atoms with van der Waals surface area (Å²) in [5.41, 5.74) is 1.06. The van der Waals surface area contributed by atoms with Gasteiger partial charge in [0.25, 0.3) is 5.89 Å². The molecule has 2 heterocycles. The van der Waals surface area contributed by atoms with Crippen molar-refractivity contribution in [2.24, 2.45) is 0 Å². The van der Waals surface area contributed by atoms with Crippen molar-refractivity contribution in [2.45, 2.75) is 13.0 Å². The molecule has 142 valence electrons. The minimum absolute atomic E-state index is 0.327. The van der Waals surface area contributed by atoms with Gasteiger partial charge in [0.15, 0.2) is 5.76 Å². The number of hydrogen-bond acceptors (Lipinski definition) is 6. The van der Waals surface area contributed by atoms with Gasteiger partial charge in [-0.2, -0.15) is 0 Å². The van der Waals surface area contributed by atoms with Crippen LogP contribution in [0.25, 0.3) is 11.7 Å². The average molecular weight is 488 g/mol. The second kappa shape index (κ2) is 8.47. The van der Waals surface area contributed by atoms with Crippen molar-refractivity contribution in [3.63, 3.8) is 0 Å². The topological polar surface area (TPSA) is 70.5 Å². The normalized spacial score (nSPS) is 10.8. The second-order valence-corrected chi connectivity index (χ2v) is 7.28. The van der Waals surface area contributed by atoms with E-state index in [-0.39, 0.29) is 0 Å². The predicted octanol–water partition coefficient (Wildman–Crippen LogP) is 5.11. The van der Waals surface area contributed by atoms with Crippen LogP contribution >= 0.6 is 22.6 Å². The molecule has 4 aromatic rings. The molecule has 0 aliphatic rings. The molecule has 0 aliphatic heterocycles. The van der Waals surface area contributed by atoms with Gasteiger partial charge in [-0.1, -0.05) is 12.1 Å². The van der Waals surface area contributed by atoms with Crippen molar-refractivity contribution in [1.29, 1.82) is 0 Å². The highest BCUT2D eigenvalue weighted by atomic mass is 127. The van der Waals surface area contributed by atoms with Gasteiger partial charge >= 0.3 is 0 Å². The molecule has 0 amide bonds. The summed E-state index contributed by atoms with van der Waals surface area (Å²) in [5.74, 6) is 3.68. The number of methoxy groups -OCH3 is 1. The van der Waals surface area contributed by atoms with E-state index in [2.05, 4.69) is 32.8 Å². The van der Waals surface area contributed by atoms with Crippen molar-refractivity contribution in [3.8, 4) is 23.1 Å². The Kier molecular flexibility index (Phi) is 5.61.